The molecule has 1 aromatic heterocycles. The molecule has 0 atom stereocenters. The Balaban J connectivity index is 1.59. The minimum absolute atomic E-state index is 0.162. The van der Waals surface area contributed by atoms with Crippen molar-refractivity contribution in [1.82, 2.24) is 4.98 Å². The summed E-state index contributed by atoms with van der Waals surface area (Å²) in [5.74, 6) is -0.319. The van der Waals surface area contributed by atoms with Crippen molar-refractivity contribution < 1.29 is 19.1 Å². The Kier molecular flexibility index (Phi) is 7.34. The van der Waals surface area contributed by atoms with E-state index >= 15 is 0 Å². The molecule has 3 aromatic carbocycles. The van der Waals surface area contributed by atoms with E-state index in [2.05, 4.69) is 4.98 Å². The maximum absolute atomic E-state index is 13.1. The molecule has 0 aliphatic carbocycles. The summed E-state index contributed by atoms with van der Waals surface area (Å²) in [6.45, 7) is -0.246. The molecule has 0 aliphatic rings. The number of benzene rings is 3. The van der Waals surface area contributed by atoms with Crippen molar-refractivity contribution in [2.45, 2.75) is 6.42 Å². The quantitative estimate of drug-likeness (QED) is 0.340. The Labute approximate surface area is 203 Å². The summed E-state index contributed by atoms with van der Waals surface area (Å²) in [5, 5.41) is 9.61. The molecule has 4 aromatic rings. The molecule has 0 fully saturated rings. The van der Waals surface area contributed by atoms with Gasteiger partial charge in [-0.25, -0.2) is 9.78 Å². The lowest BCUT2D eigenvalue weighted by Gasteiger charge is -2.21. The first-order chi connectivity index (χ1) is 17.1. The Hall–Kier alpha value is -4.70. The molecular formula is C28H23N3O4. The Morgan fingerprint density at radius 3 is 2.40 bits per heavy atom. The van der Waals surface area contributed by atoms with Gasteiger partial charge in [-0.1, -0.05) is 36.4 Å². The molecule has 1 heterocycles. The van der Waals surface area contributed by atoms with Crippen LogP contribution in [0.15, 0.2) is 84.9 Å². The fourth-order valence-corrected chi connectivity index (χ4v) is 3.70. The molecular weight excluding hydrogens is 442 g/mol. The molecule has 4 rings (SSSR count). The van der Waals surface area contributed by atoms with E-state index in [9.17, 15) is 9.59 Å². The Bertz CT molecular complexity index is 1380. The summed E-state index contributed by atoms with van der Waals surface area (Å²) in [6, 6.07) is 27.4. The molecule has 0 spiro atoms. The highest BCUT2D eigenvalue weighted by molar-refractivity contribution is 6.05. The van der Waals surface area contributed by atoms with E-state index in [1.54, 1.807) is 43.5 Å². The molecule has 0 unspecified atom stereocenters. The van der Waals surface area contributed by atoms with Gasteiger partial charge in [-0.05, 0) is 48.5 Å². The van der Waals surface area contributed by atoms with Crippen molar-refractivity contribution in [3.63, 3.8) is 0 Å². The Morgan fingerprint density at radius 2 is 1.69 bits per heavy atom. The lowest BCUT2D eigenvalue weighted by molar-refractivity contribution is -0.121. The second-order valence-corrected chi connectivity index (χ2v) is 7.67. The summed E-state index contributed by atoms with van der Waals surface area (Å²) in [5.41, 5.74) is 3.01. The fraction of sp³-hybridized carbons (Fsp3) is 0.143. The lowest BCUT2D eigenvalue weighted by Crippen LogP contribution is -2.35. The summed E-state index contributed by atoms with van der Waals surface area (Å²) < 4.78 is 10.7. The smallest absolute Gasteiger partial charge is 0.339 e. The van der Waals surface area contributed by atoms with Gasteiger partial charge < -0.3 is 14.4 Å². The van der Waals surface area contributed by atoms with Crippen molar-refractivity contribution in [3.8, 4) is 23.1 Å². The van der Waals surface area contributed by atoms with Gasteiger partial charge in [-0.3, -0.25) is 4.79 Å². The molecule has 0 bridgehead atoms. The number of methoxy groups -OCH3 is 1. The summed E-state index contributed by atoms with van der Waals surface area (Å²) in [4.78, 5) is 32.2. The summed E-state index contributed by atoms with van der Waals surface area (Å²) in [6.07, 6.45) is 0.162. The van der Waals surface area contributed by atoms with Gasteiger partial charge in [0.1, 0.15) is 5.75 Å². The number of anilines is 1. The molecule has 174 valence electrons. The van der Waals surface area contributed by atoms with Crippen LogP contribution < -0.4 is 9.64 Å². The van der Waals surface area contributed by atoms with Gasteiger partial charge in [-0.15, -0.1) is 0 Å². The van der Waals surface area contributed by atoms with Crippen molar-refractivity contribution >= 4 is 28.5 Å². The minimum Gasteiger partial charge on any atom is -0.497 e. The predicted molar refractivity (Wildman–Crippen MR) is 133 cm³/mol. The van der Waals surface area contributed by atoms with Gasteiger partial charge in [0.15, 0.2) is 6.61 Å². The number of rotatable bonds is 8. The second kappa shape index (κ2) is 10.9. The number of carbonyl (C=O) groups excluding carboxylic acids is 2. The van der Waals surface area contributed by atoms with E-state index in [1.807, 2.05) is 54.6 Å². The zero-order chi connectivity index (χ0) is 24.6. The third-order valence-electron chi connectivity index (χ3n) is 5.46. The van der Waals surface area contributed by atoms with Gasteiger partial charge >= 0.3 is 5.97 Å². The zero-order valence-corrected chi connectivity index (χ0v) is 19.2. The maximum atomic E-state index is 13.1. The second-order valence-electron chi connectivity index (χ2n) is 7.67. The van der Waals surface area contributed by atoms with Crippen LogP contribution in [-0.2, 0) is 9.53 Å². The van der Waals surface area contributed by atoms with Crippen LogP contribution in [-0.4, -0.2) is 37.1 Å². The monoisotopic (exact) mass is 465 g/mol. The first-order valence-electron chi connectivity index (χ1n) is 11.0. The molecule has 35 heavy (non-hydrogen) atoms. The van der Waals surface area contributed by atoms with Gasteiger partial charge in [0, 0.05) is 23.2 Å². The predicted octanol–water partition coefficient (Wildman–Crippen LogP) is 5.01. The third kappa shape index (κ3) is 5.45. The lowest BCUT2D eigenvalue weighted by atomic mass is 10.0. The van der Waals surface area contributed by atoms with Gasteiger partial charge in [-0.2, -0.15) is 5.26 Å². The number of hydrogen-bond acceptors (Lipinski definition) is 6. The number of amides is 1. The first kappa shape index (κ1) is 23.5. The van der Waals surface area contributed by atoms with E-state index < -0.39 is 18.5 Å². The van der Waals surface area contributed by atoms with Crippen molar-refractivity contribution in [3.05, 3.63) is 90.5 Å². The molecule has 1 amide bonds. The van der Waals surface area contributed by atoms with Crippen LogP contribution >= 0.6 is 0 Å². The highest BCUT2D eigenvalue weighted by Crippen LogP contribution is 2.27. The summed E-state index contributed by atoms with van der Waals surface area (Å²) >= 11 is 0. The number of ether oxygens (including phenoxy) is 2. The summed E-state index contributed by atoms with van der Waals surface area (Å²) in [7, 11) is 1.60. The zero-order valence-electron chi connectivity index (χ0n) is 19.2. The van der Waals surface area contributed by atoms with Crippen LogP contribution in [0.3, 0.4) is 0 Å². The van der Waals surface area contributed by atoms with Gasteiger partial charge in [0.2, 0.25) is 0 Å². The number of nitriles is 1. The number of carbonyl (C=O) groups is 2. The normalized spacial score (nSPS) is 10.4. The van der Waals surface area contributed by atoms with Crippen LogP contribution in [0.1, 0.15) is 16.8 Å². The average Bonchev–Trinajstić information content (AvgIpc) is 2.92. The highest BCUT2D eigenvalue weighted by Gasteiger charge is 2.20. The molecule has 7 heteroatoms. The number of esters is 1. The fourth-order valence-electron chi connectivity index (χ4n) is 3.70. The van der Waals surface area contributed by atoms with E-state index in [0.29, 0.717) is 33.6 Å². The Morgan fingerprint density at radius 1 is 0.971 bits per heavy atom. The van der Waals surface area contributed by atoms with E-state index in [4.69, 9.17) is 14.7 Å². The topological polar surface area (TPSA) is 92.5 Å². The van der Waals surface area contributed by atoms with Crippen LogP contribution in [0.5, 0.6) is 5.75 Å². The third-order valence-corrected chi connectivity index (χ3v) is 5.46. The largest absolute Gasteiger partial charge is 0.497 e. The molecule has 0 saturated carbocycles. The number of aromatic nitrogens is 1. The molecule has 0 saturated heterocycles. The minimum atomic E-state index is -0.625. The van der Waals surface area contributed by atoms with E-state index in [1.165, 1.54) is 4.90 Å². The number of fused-ring (bicyclic) bond motifs is 1. The van der Waals surface area contributed by atoms with Crippen molar-refractivity contribution in [1.29, 1.82) is 5.26 Å². The number of hydrogen-bond donors (Lipinski definition) is 0. The van der Waals surface area contributed by atoms with Gasteiger partial charge in [0.25, 0.3) is 5.91 Å². The van der Waals surface area contributed by atoms with Gasteiger partial charge in [0.05, 0.1) is 36.4 Å². The van der Waals surface area contributed by atoms with E-state index in [-0.39, 0.29) is 13.0 Å². The van der Waals surface area contributed by atoms with E-state index in [0.717, 1.165) is 5.56 Å². The molecule has 7 nitrogen and oxygen atoms in total. The first-order valence-corrected chi connectivity index (χ1v) is 11.0. The van der Waals surface area contributed by atoms with Crippen molar-refractivity contribution in [2.24, 2.45) is 0 Å². The van der Waals surface area contributed by atoms with Crippen LogP contribution in [0.4, 0.5) is 5.69 Å². The molecule has 0 radical (unpaired) electrons. The standard InChI is InChI=1S/C28H23N3O4/c1-34-22-14-12-20(13-15-22)26-18-24(23-10-5-6-11-25(23)30-26)28(33)35-19-27(32)31(17-7-16-29)21-8-3-2-4-9-21/h2-6,8-15,18H,7,17,19H2,1H3. The van der Waals surface area contributed by atoms with Crippen LogP contribution in [0, 0.1) is 11.3 Å². The van der Waals surface area contributed by atoms with Crippen LogP contribution in [0.2, 0.25) is 0 Å². The van der Waals surface area contributed by atoms with Crippen LogP contribution in [0.25, 0.3) is 22.2 Å². The highest BCUT2D eigenvalue weighted by atomic mass is 16.5. The SMILES string of the molecule is COc1ccc(-c2cc(C(=O)OCC(=O)N(CCC#N)c3ccccc3)c3ccccc3n2)cc1. The maximum Gasteiger partial charge on any atom is 0.339 e. The van der Waals surface area contributed by atoms with Crippen molar-refractivity contribution in [2.75, 3.05) is 25.2 Å². The number of para-hydroxylation sites is 2. The number of pyridine rings is 1. The number of nitrogens with zero attached hydrogens (tertiary/aromatic N) is 3. The average molecular weight is 466 g/mol. The molecule has 0 N–H and O–H groups in total. The molecule has 0 aliphatic heterocycles.